The van der Waals surface area contributed by atoms with Crippen molar-refractivity contribution in [3.05, 3.63) is 22.7 Å². The highest BCUT2D eigenvalue weighted by Gasteiger charge is 2.24. The molecule has 5 heteroatoms. The second kappa shape index (κ2) is 4.58. The monoisotopic (exact) mass is 249 g/mol. The average Bonchev–Trinajstić information content (AvgIpc) is 3.00. The SMILES string of the molecule is NC1CCC(c2nc(-c3ccsc3)no2)CC1. The lowest BCUT2D eigenvalue weighted by Crippen LogP contribution is -2.25. The molecule has 17 heavy (non-hydrogen) atoms. The highest BCUT2D eigenvalue weighted by atomic mass is 32.1. The summed E-state index contributed by atoms with van der Waals surface area (Å²) in [5, 5.41) is 8.09. The van der Waals surface area contributed by atoms with E-state index in [-0.39, 0.29) is 0 Å². The van der Waals surface area contributed by atoms with Gasteiger partial charge < -0.3 is 10.3 Å². The first-order valence-electron chi connectivity index (χ1n) is 5.94. The molecule has 1 aliphatic carbocycles. The van der Waals surface area contributed by atoms with E-state index in [2.05, 4.69) is 10.1 Å². The zero-order chi connectivity index (χ0) is 11.7. The number of nitrogens with zero attached hydrogens (tertiary/aromatic N) is 2. The fourth-order valence-corrected chi connectivity index (χ4v) is 2.91. The van der Waals surface area contributed by atoms with Crippen molar-refractivity contribution in [2.45, 2.75) is 37.6 Å². The maximum Gasteiger partial charge on any atom is 0.230 e. The standard InChI is InChI=1S/C12H15N3OS/c13-10-3-1-8(2-4-10)12-14-11(15-16-12)9-5-6-17-7-9/h5-8,10H,1-4,13H2. The Hall–Kier alpha value is -1.20. The van der Waals surface area contributed by atoms with Crippen LogP contribution in [0.4, 0.5) is 0 Å². The molecule has 0 unspecified atom stereocenters. The number of aromatic nitrogens is 2. The van der Waals surface area contributed by atoms with Gasteiger partial charge in [-0.05, 0) is 37.1 Å². The highest BCUT2D eigenvalue weighted by Crippen LogP contribution is 2.32. The summed E-state index contributed by atoms with van der Waals surface area (Å²) in [6, 6.07) is 2.36. The molecule has 2 aromatic heterocycles. The molecule has 90 valence electrons. The number of hydrogen-bond acceptors (Lipinski definition) is 5. The zero-order valence-corrected chi connectivity index (χ0v) is 10.3. The third kappa shape index (κ3) is 2.25. The fraction of sp³-hybridized carbons (Fsp3) is 0.500. The fourth-order valence-electron chi connectivity index (χ4n) is 2.28. The molecule has 0 radical (unpaired) electrons. The Kier molecular flexibility index (Phi) is 2.94. The lowest BCUT2D eigenvalue weighted by atomic mass is 9.86. The van der Waals surface area contributed by atoms with Gasteiger partial charge in [-0.15, -0.1) is 0 Å². The Balaban J connectivity index is 1.76. The van der Waals surface area contributed by atoms with E-state index in [9.17, 15) is 0 Å². The summed E-state index contributed by atoms with van der Waals surface area (Å²) in [5.41, 5.74) is 6.93. The van der Waals surface area contributed by atoms with E-state index in [0.717, 1.165) is 37.1 Å². The normalized spacial score (nSPS) is 25.0. The van der Waals surface area contributed by atoms with E-state index < -0.39 is 0 Å². The molecule has 0 spiro atoms. The van der Waals surface area contributed by atoms with Gasteiger partial charge in [-0.3, -0.25) is 0 Å². The van der Waals surface area contributed by atoms with Gasteiger partial charge in [-0.2, -0.15) is 16.3 Å². The summed E-state index contributed by atoms with van der Waals surface area (Å²) < 4.78 is 5.37. The van der Waals surface area contributed by atoms with Crippen molar-refractivity contribution in [3.63, 3.8) is 0 Å². The molecule has 1 fully saturated rings. The minimum atomic E-state index is 0.352. The van der Waals surface area contributed by atoms with Crippen LogP contribution in [-0.4, -0.2) is 16.2 Å². The summed E-state index contributed by atoms with van der Waals surface area (Å²) in [5.74, 6) is 1.88. The first-order chi connectivity index (χ1) is 8.33. The molecule has 0 amide bonds. The molecule has 0 atom stereocenters. The average molecular weight is 249 g/mol. The van der Waals surface area contributed by atoms with E-state index in [1.807, 2.05) is 16.8 Å². The zero-order valence-electron chi connectivity index (χ0n) is 9.50. The molecule has 0 bridgehead atoms. The van der Waals surface area contributed by atoms with Crippen LogP contribution >= 0.6 is 11.3 Å². The number of thiophene rings is 1. The Morgan fingerprint density at radius 3 is 2.82 bits per heavy atom. The van der Waals surface area contributed by atoms with E-state index in [4.69, 9.17) is 10.3 Å². The topological polar surface area (TPSA) is 64.9 Å². The van der Waals surface area contributed by atoms with Gasteiger partial charge in [0.15, 0.2) is 0 Å². The van der Waals surface area contributed by atoms with Crippen LogP contribution in [-0.2, 0) is 0 Å². The van der Waals surface area contributed by atoms with Crippen molar-refractivity contribution in [3.8, 4) is 11.4 Å². The quantitative estimate of drug-likeness (QED) is 0.888. The molecule has 3 rings (SSSR count). The molecule has 0 saturated heterocycles. The van der Waals surface area contributed by atoms with Gasteiger partial charge in [0.2, 0.25) is 11.7 Å². The van der Waals surface area contributed by atoms with Crippen molar-refractivity contribution in [1.82, 2.24) is 10.1 Å². The molecule has 1 aliphatic rings. The van der Waals surface area contributed by atoms with Crippen LogP contribution in [0.3, 0.4) is 0 Å². The number of nitrogens with two attached hydrogens (primary N) is 1. The van der Waals surface area contributed by atoms with Gasteiger partial charge in [-0.1, -0.05) is 5.16 Å². The van der Waals surface area contributed by atoms with Gasteiger partial charge in [0.25, 0.3) is 0 Å². The minimum absolute atomic E-state index is 0.352. The van der Waals surface area contributed by atoms with Crippen molar-refractivity contribution in [2.24, 2.45) is 5.73 Å². The van der Waals surface area contributed by atoms with Gasteiger partial charge >= 0.3 is 0 Å². The molecule has 1 saturated carbocycles. The van der Waals surface area contributed by atoms with Gasteiger partial charge in [0, 0.05) is 22.9 Å². The smallest absolute Gasteiger partial charge is 0.230 e. The van der Waals surface area contributed by atoms with Gasteiger partial charge in [0.1, 0.15) is 0 Å². The highest BCUT2D eigenvalue weighted by molar-refractivity contribution is 7.08. The van der Waals surface area contributed by atoms with E-state index >= 15 is 0 Å². The molecule has 2 N–H and O–H groups in total. The van der Waals surface area contributed by atoms with E-state index in [0.29, 0.717) is 17.8 Å². The van der Waals surface area contributed by atoms with E-state index in [1.165, 1.54) is 0 Å². The lowest BCUT2D eigenvalue weighted by molar-refractivity contribution is 0.301. The summed E-state index contributed by atoms with van der Waals surface area (Å²) in [7, 11) is 0. The Bertz CT molecular complexity index is 472. The third-order valence-electron chi connectivity index (χ3n) is 3.34. The third-order valence-corrected chi connectivity index (χ3v) is 4.03. The Morgan fingerprint density at radius 1 is 1.29 bits per heavy atom. The molecule has 0 aliphatic heterocycles. The van der Waals surface area contributed by atoms with Crippen molar-refractivity contribution in [1.29, 1.82) is 0 Å². The van der Waals surface area contributed by atoms with Crippen LogP contribution in [0.25, 0.3) is 11.4 Å². The largest absolute Gasteiger partial charge is 0.339 e. The molecule has 2 aromatic rings. The van der Waals surface area contributed by atoms with Crippen LogP contribution in [0.5, 0.6) is 0 Å². The number of hydrogen-bond donors (Lipinski definition) is 1. The minimum Gasteiger partial charge on any atom is -0.339 e. The molecule has 4 nitrogen and oxygen atoms in total. The van der Waals surface area contributed by atoms with Crippen LogP contribution in [0.1, 0.15) is 37.5 Å². The molecule has 2 heterocycles. The Morgan fingerprint density at radius 2 is 2.12 bits per heavy atom. The Labute approximate surface area is 104 Å². The second-order valence-electron chi connectivity index (χ2n) is 4.58. The first-order valence-corrected chi connectivity index (χ1v) is 6.89. The van der Waals surface area contributed by atoms with Crippen molar-refractivity contribution >= 4 is 11.3 Å². The summed E-state index contributed by atoms with van der Waals surface area (Å²) >= 11 is 1.64. The maximum atomic E-state index is 5.89. The maximum absolute atomic E-state index is 5.89. The van der Waals surface area contributed by atoms with Crippen LogP contribution in [0.15, 0.2) is 21.3 Å². The van der Waals surface area contributed by atoms with Crippen LogP contribution < -0.4 is 5.73 Å². The van der Waals surface area contributed by atoms with Crippen LogP contribution in [0.2, 0.25) is 0 Å². The van der Waals surface area contributed by atoms with Crippen molar-refractivity contribution in [2.75, 3.05) is 0 Å². The van der Waals surface area contributed by atoms with Gasteiger partial charge in [-0.25, -0.2) is 0 Å². The van der Waals surface area contributed by atoms with Crippen LogP contribution in [0, 0.1) is 0 Å². The lowest BCUT2D eigenvalue weighted by Gasteiger charge is -2.22. The predicted octanol–water partition coefficient (Wildman–Crippen LogP) is 2.78. The van der Waals surface area contributed by atoms with Gasteiger partial charge in [0.05, 0.1) is 0 Å². The predicted molar refractivity (Wildman–Crippen MR) is 66.8 cm³/mol. The summed E-state index contributed by atoms with van der Waals surface area (Å²) in [4.78, 5) is 4.49. The number of rotatable bonds is 2. The summed E-state index contributed by atoms with van der Waals surface area (Å²) in [6.45, 7) is 0. The first kappa shape index (κ1) is 10.9. The van der Waals surface area contributed by atoms with E-state index in [1.54, 1.807) is 11.3 Å². The molecule has 0 aromatic carbocycles. The molecular weight excluding hydrogens is 234 g/mol. The summed E-state index contributed by atoms with van der Waals surface area (Å²) in [6.07, 6.45) is 4.24. The second-order valence-corrected chi connectivity index (χ2v) is 5.36. The van der Waals surface area contributed by atoms with Crippen molar-refractivity contribution < 1.29 is 4.52 Å². The molecular formula is C12H15N3OS.